The molecule has 2 atom stereocenters. The van der Waals surface area contributed by atoms with Gasteiger partial charge in [-0.05, 0) is 39.2 Å². The van der Waals surface area contributed by atoms with Crippen LogP contribution in [-0.2, 0) is 0 Å². The molecule has 5 heteroatoms. The fourth-order valence-electron chi connectivity index (χ4n) is 3.81. The van der Waals surface area contributed by atoms with E-state index in [1.54, 1.807) is 11.3 Å². The van der Waals surface area contributed by atoms with Crippen molar-refractivity contribution >= 4 is 22.8 Å². The molecule has 1 saturated carbocycles. The molecular weight excluding hydrogens is 282 g/mol. The molecular formula is C16H23N3OS. The van der Waals surface area contributed by atoms with Gasteiger partial charge in [0.05, 0.1) is 10.6 Å². The predicted molar refractivity (Wildman–Crippen MR) is 85.5 cm³/mol. The van der Waals surface area contributed by atoms with Crippen molar-refractivity contribution in [1.82, 2.24) is 9.88 Å². The first-order chi connectivity index (χ1) is 10.3. The fourth-order valence-corrected chi connectivity index (χ4v) is 4.88. The van der Waals surface area contributed by atoms with Gasteiger partial charge in [0.2, 0.25) is 0 Å². The van der Waals surface area contributed by atoms with Gasteiger partial charge in [0, 0.05) is 31.1 Å². The number of piperazine rings is 1. The molecule has 2 saturated heterocycles. The van der Waals surface area contributed by atoms with Crippen molar-refractivity contribution in [2.24, 2.45) is 0 Å². The molecule has 0 spiro atoms. The highest BCUT2D eigenvalue weighted by Crippen LogP contribution is 2.44. The second kappa shape index (κ2) is 5.36. The van der Waals surface area contributed by atoms with E-state index in [0.29, 0.717) is 18.0 Å². The van der Waals surface area contributed by atoms with Gasteiger partial charge < -0.3 is 4.90 Å². The minimum atomic E-state index is 0.497. The molecule has 0 aromatic carbocycles. The zero-order valence-electron chi connectivity index (χ0n) is 12.6. The van der Waals surface area contributed by atoms with Crippen LogP contribution in [0.15, 0.2) is 0 Å². The third-order valence-electron chi connectivity index (χ3n) is 5.17. The molecule has 4 nitrogen and oxygen atoms in total. The van der Waals surface area contributed by atoms with E-state index in [0.717, 1.165) is 35.1 Å². The molecule has 3 heterocycles. The molecule has 3 fully saturated rings. The number of hydrogen-bond donors (Lipinski definition) is 0. The van der Waals surface area contributed by atoms with Crippen LogP contribution in [0.2, 0.25) is 0 Å². The third-order valence-corrected chi connectivity index (χ3v) is 6.21. The quantitative estimate of drug-likeness (QED) is 0.805. The Kier molecular flexibility index (Phi) is 3.50. The van der Waals surface area contributed by atoms with Crippen molar-refractivity contribution in [2.45, 2.75) is 57.0 Å². The lowest BCUT2D eigenvalue weighted by atomic mass is 9.97. The van der Waals surface area contributed by atoms with Crippen molar-refractivity contribution in [3.05, 3.63) is 10.6 Å². The average molecular weight is 305 g/mol. The molecule has 4 rings (SSSR count). The Balaban J connectivity index is 1.58. The summed E-state index contributed by atoms with van der Waals surface area (Å²) in [5.74, 6) is 0.557. The number of aromatic nitrogens is 1. The molecule has 1 aromatic heterocycles. The zero-order chi connectivity index (χ0) is 14.4. The van der Waals surface area contributed by atoms with Crippen LogP contribution in [0.1, 0.15) is 60.3 Å². The largest absolute Gasteiger partial charge is 0.343 e. The first-order valence-electron chi connectivity index (χ1n) is 8.23. The number of thiazole rings is 1. The summed E-state index contributed by atoms with van der Waals surface area (Å²) in [5, 5.41) is 1.08. The lowest BCUT2D eigenvalue weighted by molar-refractivity contribution is 0.112. The summed E-state index contributed by atoms with van der Waals surface area (Å²) < 4.78 is 0. The minimum absolute atomic E-state index is 0.497. The molecule has 0 N–H and O–H groups in total. The van der Waals surface area contributed by atoms with Crippen molar-refractivity contribution in [3.8, 4) is 0 Å². The number of aldehydes is 1. The number of hydrogen-bond acceptors (Lipinski definition) is 5. The Morgan fingerprint density at radius 3 is 2.86 bits per heavy atom. The van der Waals surface area contributed by atoms with Gasteiger partial charge >= 0.3 is 0 Å². The van der Waals surface area contributed by atoms with E-state index in [-0.39, 0.29) is 0 Å². The summed E-state index contributed by atoms with van der Waals surface area (Å²) in [7, 11) is 0. The van der Waals surface area contributed by atoms with Crippen LogP contribution in [-0.4, -0.2) is 47.9 Å². The number of carbonyl (C=O) groups is 1. The highest BCUT2D eigenvalue weighted by molar-refractivity contribution is 7.17. The lowest BCUT2D eigenvalue weighted by Gasteiger charge is -2.47. The van der Waals surface area contributed by atoms with Crippen LogP contribution in [0, 0.1) is 0 Å². The summed E-state index contributed by atoms with van der Waals surface area (Å²) in [6.07, 6.45) is 7.43. The van der Waals surface area contributed by atoms with Crippen molar-refractivity contribution in [3.63, 3.8) is 0 Å². The zero-order valence-corrected chi connectivity index (χ0v) is 13.4. The van der Waals surface area contributed by atoms with E-state index >= 15 is 0 Å². The monoisotopic (exact) mass is 305 g/mol. The lowest BCUT2D eigenvalue weighted by Crippen LogP contribution is -2.58. The van der Waals surface area contributed by atoms with Crippen LogP contribution >= 0.6 is 11.3 Å². The summed E-state index contributed by atoms with van der Waals surface area (Å²) in [6, 6.07) is 1.18. The van der Waals surface area contributed by atoms with Crippen molar-refractivity contribution in [1.29, 1.82) is 0 Å². The van der Waals surface area contributed by atoms with Gasteiger partial charge in [-0.2, -0.15) is 0 Å². The summed E-state index contributed by atoms with van der Waals surface area (Å²) in [5.41, 5.74) is 1.07. The number of nitrogens with zero attached hydrogens (tertiary/aromatic N) is 3. The van der Waals surface area contributed by atoms with Gasteiger partial charge in [-0.15, -0.1) is 0 Å². The fraction of sp³-hybridized carbons (Fsp3) is 0.750. The van der Waals surface area contributed by atoms with Gasteiger partial charge in [0.15, 0.2) is 11.4 Å². The maximum absolute atomic E-state index is 11.3. The molecule has 2 aliphatic heterocycles. The second-order valence-electron chi connectivity index (χ2n) is 6.78. The average Bonchev–Trinajstić information content (AvgIpc) is 3.26. The Morgan fingerprint density at radius 1 is 1.24 bits per heavy atom. The molecule has 0 radical (unpaired) electrons. The van der Waals surface area contributed by atoms with Gasteiger partial charge in [0.25, 0.3) is 0 Å². The van der Waals surface area contributed by atoms with E-state index in [4.69, 9.17) is 4.98 Å². The van der Waals surface area contributed by atoms with Crippen LogP contribution in [0.5, 0.6) is 0 Å². The number of anilines is 1. The Bertz CT molecular complexity index is 540. The van der Waals surface area contributed by atoms with E-state index in [1.807, 2.05) is 0 Å². The maximum Gasteiger partial charge on any atom is 0.186 e. The molecule has 0 bridgehead atoms. The smallest absolute Gasteiger partial charge is 0.186 e. The van der Waals surface area contributed by atoms with Crippen LogP contribution < -0.4 is 4.90 Å². The molecule has 21 heavy (non-hydrogen) atoms. The maximum atomic E-state index is 11.3. The normalized spacial score (nSPS) is 30.2. The van der Waals surface area contributed by atoms with E-state index in [1.165, 1.54) is 38.6 Å². The van der Waals surface area contributed by atoms with Gasteiger partial charge in [-0.25, -0.2) is 4.98 Å². The summed E-state index contributed by atoms with van der Waals surface area (Å²) >= 11 is 1.61. The van der Waals surface area contributed by atoms with E-state index in [2.05, 4.69) is 16.7 Å². The van der Waals surface area contributed by atoms with Gasteiger partial charge in [0.1, 0.15) is 0 Å². The molecule has 3 aliphatic rings. The van der Waals surface area contributed by atoms with Crippen LogP contribution in [0.3, 0.4) is 0 Å². The number of fused-ring (bicyclic) bond motifs is 1. The topological polar surface area (TPSA) is 36.4 Å². The highest BCUT2D eigenvalue weighted by Gasteiger charge is 2.36. The van der Waals surface area contributed by atoms with Crippen molar-refractivity contribution < 1.29 is 4.79 Å². The molecule has 0 amide bonds. The molecule has 1 aromatic rings. The van der Waals surface area contributed by atoms with E-state index in [9.17, 15) is 4.79 Å². The minimum Gasteiger partial charge on any atom is -0.343 e. The Labute approximate surface area is 130 Å². The SMILES string of the molecule is CC1CN2CCCCC2CN1c1nc(C2CC2)c(C=O)s1. The van der Waals surface area contributed by atoms with Crippen LogP contribution in [0.4, 0.5) is 5.13 Å². The number of rotatable bonds is 3. The highest BCUT2D eigenvalue weighted by atomic mass is 32.1. The standard InChI is InChI=1S/C16H23N3OS/c1-11-8-18-7-3-2-4-13(18)9-19(11)16-17-15(12-5-6-12)14(10-20)21-16/h10-13H,2-9H2,1H3. The Hall–Kier alpha value is -0.940. The molecule has 114 valence electrons. The van der Waals surface area contributed by atoms with E-state index < -0.39 is 0 Å². The Morgan fingerprint density at radius 2 is 2.10 bits per heavy atom. The second-order valence-corrected chi connectivity index (χ2v) is 7.79. The predicted octanol–water partition coefficient (Wildman–Crippen LogP) is 2.90. The third kappa shape index (κ3) is 2.50. The van der Waals surface area contributed by atoms with Gasteiger partial charge in [-0.3, -0.25) is 9.69 Å². The summed E-state index contributed by atoms with van der Waals surface area (Å²) in [4.78, 5) is 22.1. The van der Waals surface area contributed by atoms with Gasteiger partial charge in [-0.1, -0.05) is 17.8 Å². The van der Waals surface area contributed by atoms with Crippen molar-refractivity contribution in [2.75, 3.05) is 24.5 Å². The molecule has 2 unspecified atom stereocenters. The number of piperidine rings is 1. The summed E-state index contributed by atoms with van der Waals surface area (Å²) in [6.45, 7) is 5.77. The first-order valence-corrected chi connectivity index (χ1v) is 9.04. The first kappa shape index (κ1) is 13.7. The van der Waals surface area contributed by atoms with Crippen LogP contribution in [0.25, 0.3) is 0 Å². The number of carbonyl (C=O) groups excluding carboxylic acids is 1. The molecule has 1 aliphatic carbocycles.